The smallest absolute Gasteiger partial charge is 0.0349 e. The molecule has 1 unspecified atom stereocenters. The average Bonchev–Trinajstić information content (AvgIpc) is 2.72. The first-order valence-corrected chi connectivity index (χ1v) is 12.2. The molecular formula is C33H50. The Morgan fingerprint density at radius 3 is 1.67 bits per heavy atom. The SMILES string of the molecule is C#Cc1ccc(C(C(C(=C)C)=C(C)C)/C(C(=C)C)=C(C)/C(C)=C\C)c(C)c1.CC.CC(C)C. The van der Waals surface area contributed by atoms with Crippen LogP contribution in [0.1, 0.15) is 106 Å². The van der Waals surface area contributed by atoms with E-state index in [1.165, 1.54) is 39.0 Å². The number of allylic oxidation sites excluding steroid dienone is 8. The molecule has 1 aromatic carbocycles. The van der Waals surface area contributed by atoms with E-state index in [2.05, 4.69) is 113 Å². The van der Waals surface area contributed by atoms with Gasteiger partial charge in [-0.05, 0) is 101 Å². The van der Waals surface area contributed by atoms with Crippen LogP contribution in [0.25, 0.3) is 0 Å². The van der Waals surface area contributed by atoms with Crippen LogP contribution in [0.2, 0.25) is 0 Å². The molecule has 182 valence electrons. The largest absolute Gasteiger partial charge is 0.115 e. The molecule has 1 atom stereocenters. The molecule has 0 N–H and O–H groups in total. The molecule has 0 aromatic heterocycles. The van der Waals surface area contributed by atoms with E-state index in [-0.39, 0.29) is 5.92 Å². The lowest BCUT2D eigenvalue weighted by Gasteiger charge is -2.30. The Balaban J connectivity index is 0. The van der Waals surface area contributed by atoms with Crippen LogP contribution in [-0.2, 0) is 0 Å². The van der Waals surface area contributed by atoms with Crippen LogP contribution in [-0.4, -0.2) is 0 Å². The molecular weight excluding hydrogens is 396 g/mol. The molecule has 1 aromatic rings. The van der Waals surface area contributed by atoms with Crippen LogP contribution in [0.5, 0.6) is 0 Å². The standard InChI is InChI=1S/C27H34.C4H10.C2H6/c1-12-20(9)22(11)26(19(7)8)27(25(17(3)4)18(5)6)24-15-14-23(13-2)16-21(24)10;1-4(2)3;1-2/h2,12,14-16,27H,3,7H2,1,4-6,8-11H3;4H,1-3H3;1-2H3/b20-12-,26-22+;;. The lowest BCUT2D eigenvalue weighted by atomic mass is 9.74. The Bertz CT molecular complexity index is 926. The van der Waals surface area contributed by atoms with E-state index in [9.17, 15) is 0 Å². The maximum absolute atomic E-state index is 5.61. The van der Waals surface area contributed by atoms with E-state index < -0.39 is 0 Å². The minimum absolute atomic E-state index is 0.0896. The molecule has 33 heavy (non-hydrogen) atoms. The maximum atomic E-state index is 5.61. The van der Waals surface area contributed by atoms with Crippen molar-refractivity contribution in [3.8, 4) is 12.3 Å². The first-order valence-electron chi connectivity index (χ1n) is 12.2. The van der Waals surface area contributed by atoms with Gasteiger partial charge in [0.15, 0.2) is 0 Å². The highest BCUT2D eigenvalue weighted by atomic mass is 14.3. The van der Waals surface area contributed by atoms with E-state index in [0.29, 0.717) is 0 Å². The van der Waals surface area contributed by atoms with Crippen molar-refractivity contribution < 1.29 is 0 Å². The zero-order valence-electron chi connectivity index (χ0n) is 24.0. The molecule has 0 saturated heterocycles. The van der Waals surface area contributed by atoms with Gasteiger partial charge in [-0.15, -0.1) is 6.42 Å². The molecule has 0 aliphatic heterocycles. The van der Waals surface area contributed by atoms with Crippen molar-refractivity contribution in [1.29, 1.82) is 0 Å². The van der Waals surface area contributed by atoms with Crippen LogP contribution in [0.15, 0.2) is 76.4 Å². The molecule has 0 saturated carbocycles. The Kier molecular flexibility index (Phi) is 16.0. The van der Waals surface area contributed by atoms with E-state index in [4.69, 9.17) is 6.42 Å². The normalized spacial score (nSPS) is 12.2. The predicted molar refractivity (Wildman–Crippen MR) is 154 cm³/mol. The summed E-state index contributed by atoms with van der Waals surface area (Å²) in [5.74, 6) is 3.67. The van der Waals surface area contributed by atoms with Crippen molar-refractivity contribution in [1.82, 2.24) is 0 Å². The zero-order valence-corrected chi connectivity index (χ0v) is 24.0. The lowest BCUT2D eigenvalue weighted by molar-refractivity contribution is 0.737. The summed E-state index contributed by atoms with van der Waals surface area (Å²) in [6, 6.07) is 6.30. The van der Waals surface area contributed by atoms with Gasteiger partial charge in [-0.3, -0.25) is 0 Å². The van der Waals surface area contributed by atoms with Gasteiger partial charge in [0.05, 0.1) is 0 Å². The summed E-state index contributed by atoms with van der Waals surface area (Å²) in [6.45, 7) is 36.2. The summed E-state index contributed by atoms with van der Waals surface area (Å²) in [4.78, 5) is 0. The second kappa shape index (κ2) is 16.1. The molecule has 0 heterocycles. The molecule has 0 radical (unpaired) electrons. The van der Waals surface area contributed by atoms with E-state index in [0.717, 1.165) is 22.6 Å². The number of rotatable bonds is 6. The number of hydrogen-bond acceptors (Lipinski definition) is 0. The van der Waals surface area contributed by atoms with Gasteiger partial charge in [-0.2, -0.15) is 0 Å². The fourth-order valence-corrected chi connectivity index (χ4v) is 3.72. The third-order valence-corrected chi connectivity index (χ3v) is 5.21. The predicted octanol–water partition coefficient (Wildman–Crippen LogP) is 10.5. The highest BCUT2D eigenvalue weighted by Gasteiger charge is 2.26. The summed E-state index contributed by atoms with van der Waals surface area (Å²) < 4.78 is 0. The van der Waals surface area contributed by atoms with Crippen LogP contribution in [0.3, 0.4) is 0 Å². The number of aryl methyl sites for hydroxylation is 1. The van der Waals surface area contributed by atoms with Crippen LogP contribution >= 0.6 is 0 Å². The Hall–Kier alpha value is -2.52. The molecule has 0 fully saturated rings. The Morgan fingerprint density at radius 2 is 1.36 bits per heavy atom. The summed E-state index contributed by atoms with van der Waals surface area (Å²) in [5, 5.41) is 0. The topological polar surface area (TPSA) is 0 Å². The van der Waals surface area contributed by atoms with Crippen molar-refractivity contribution in [2.45, 2.75) is 95.9 Å². The number of hydrogen-bond donors (Lipinski definition) is 0. The van der Waals surface area contributed by atoms with Crippen LogP contribution in [0, 0.1) is 25.2 Å². The van der Waals surface area contributed by atoms with Crippen molar-refractivity contribution in [3.05, 3.63) is 93.1 Å². The molecule has 0 bridgehead atoms. The van der Waals surface area contributed by atoms with Crippen molar-refractivity contribution in [3.63, 3.8) is 0 Å². The van der Waals surface area contributed by atoms with E-state index in [1.807, 2.05) is 19.9 Å². The van der Waals surface area contributed by atoms with Gasteiger partial charge in [-0.1, -0.05) is 88.1 Å². The molecule has 0 spiro atoms. The van der Waals surface area contributed by atoms with Crippen LogP contribution < -0.4 is 0 Å². The Morgan fingerprint density at radius 1 is 0.909 bits per heavy atom. The van der Waals surface area contributed by atoms with Gasteiger partial charge < -0.3 is 0 Å². The fraction of sp³-hybridized carbons (Fsp3) is 0.455. The summed E-state index contributed by atoms with van der Waals surface area (Å²) in [5.41, 5.74) is 11.9. The van der Waals surface area contributed by atoms with Gasteiger partial charge in [0.25, 0.3) is 0 Å². The van der Waals surface area contributed by atoms with Crippen molar-refractivity contribution in [2.75, 3.05) is 0 Å². The second-order valence-corrected chi connectivity index (χ2v) is 9.37. The fourth-order valence-electron chi connectivity index (χ4n) is 3.72. The van der Waals surface area contributed by atoms with Gasteiger partial charge in [-0.25, -0.2) is 0 Å². The minimum atomic E-state index is 0.0896. The van der Waals surface area contributed by atoms with E-state index >= 15 is 0 Å². The summed E-state index contributed by atoms with van der Waals surface area (Å²) in [7, 11) is 0. The quantitative estimate of drug-likeness (QED) is 0.301. The highest BCUT2D eigenvalue weighted by Crippen LogP contribution is 2.43. The van der Waals surface area contributed by atoms with Crippen LogP contribution in [0.4, 0.5) is 0 Å². The molecule has 0 amide bonds. The van der Waals surface area contributed by atoms with Crippen molar-refractivity contribution in [2.24, 2.45) is 5.92 Å². The highest BCUT2D eigenvalue weighted by molar-refractivity contribution is 5.58. The molecule has 0 aliphatic carbocycles. The third kappa shape index (κ3) is 10.3. The van der Waals surface area contributed by atoms with Gasteiger partial charge in [0.1, 0.15) is 0 Å². The number of terminal acetylenes is 1. The first kappa shape index (κ1) is 32.7. The Labute approximate surface area is 207 Å². The molecule has 1 rings (SSSR count). The maximum Gasteiger partial charge on any atom is 0.0349 e. The molecule has 0 nitrogen and oxygen atoms in total. The zero-order chi connectivity index (χ0) is 26.5. The van der Waals surface area contributed by atoms with Crippen molar-refractivity contribution >= 4 is 0 Å². The van der Waals surface area contributed by atoms with Gasteiger partial charge in [0, 0.05) is 11.5 Å². The average molecular weight is 447 g/mol. The summed E-state index contributed by atoms with van der Waals surface area (Å²) >= 11 is 0. The lowest BCUT2D eigenvalue weighted by Crippen LogP contribution is -2.13. The first-order chi connectivity index (χ1) is 15.3. The number of benzene rings is 1. The van der Waals surface area contributed by atoms with Gasteiger partial charge in [0.2, 0.25) is 0 Å². The molecule has 0 aliphatic rings. The monoisotopic (exact) mass is 446 g/mol. The minimum Gasteiger partial charge on any atom is -0.115 e. The summed E-state index contributed by atoms with van der Waals surface area (Å²) in [6.07, 6.45) is 7.77. The van der Waals surface area contributed by atoms with E-state index in [1.54, 1.807) is 0 Å². The third-order valence-electron chi connectivity index (χ3n) is 5.21. The second-order valence-electron chi connectivity index (χ2n) is 9.37. The molecule has 0 heteroatoms. The van der Waals surface area contributed by atoms with Gasteiger partial charge >= 0.3 is 0 Å².